The second-order valence-electron chi connectivity index (χ2n) is 7.90. The van der Waals surface area contributed by atoms with Gasteiger partial charge in [-0.25, -0.2) is 13.2 Å². The van der Waals surface area contributed by atoms with Crippen LogP contribution in [0.1, 0.15) is 23.5 Å². The Morgan fingerprint density at radius 3 is 2.16 bits per heavy atom. The summed E-state index contributed by atoms with van der Waals surface area (Å²) in [6.07, 6.45) is -0.462. The van der Waals surface area contributed by atoms with Gasteiger partial charge in [0.05, 0.1) is 11.5 Å². The second kappa shape index (κ2) is 9.12. The largest absolute Gasteiger partial charge is 0.449 e. The molecule has 1 aliphatic heterocycles. The molecule has 0 unspecified atom stereocenters. The number of hydrogen-bond donors (Lipinski definition) is 1. The van der Waals surface area contributed by atoms with Crippen LogP contribution in [0.3, 0.4) is 0 Å². The van der Waals surface area contributed by atoms with Crippen molar-refractivity contribution in [3.05, 3.63) is 59.7 Å². The lowest BCUT2D eigenvalue weighted by molar-refractivity contribution is -0.134. The Hall–Kier alpha value is -3.20. The fourth-order valence-electron chi connectivity index (χ4n) is 4.25. The minimum absolute atomic E-state index is 0.0445. The highest BCUT2D eigenvalue weighted by atomic mass is 32.2. The van der Waals surface area contributed by atoms with Crippen molar-refractivity contribution in [3.8, 4) is 11.1 Å². The predicted octanol–water partition coefficient (Wildman–Crippen LogP) is 1.74. The summed E-state index contributed by atoms with van der Waals surface area (Å²) in [5.74, 6) is -0.865. The summed E-state index contributed by atoms with van der Waals surface area (Å²) in [6, 6.07) is 14.8. The molecule has 32 heavy (non-hydrogen) atoms. The van der Waals surface area contributed by atoms with E-state index in [0.717, 1.165) is 22.3 Å². The molecule has 0 bridgehead atoms. The Kier molecular flexibility index (Phi) is 6.27. The molecule has 0 radical (unpaired) electrons. The molecule has 2 aromatic carbocycles. The third kappa shape index (κ3) is 4.52. The number of amides is 2. The number of carbonyl (C=O) groups excluding carboxylic acids is 3. The van der Waals surface area contributed by atoms with E-state index in [2.05, 4.69) is 5.32 Å². The molecule has 1 N–H and O–H groups in total. The molecule has 0 spiro atoms. The molecule has 2 amide bonds. The minimum atomic E-state index is -3.15. The van der Waals surface area contributed by atoms with Crippen molar-refractivity contribution >= 4 is 28.1 Å². The topological polar surface area (TPSA) is 110 Å². The number of nitrogens with zero attached hydrogens (tertiary/aromatic N) is 1. The van der Waals surface area contributed by atoms with Gasteiger partial charge in [0.1, 0.15) is 18.9 Å². The van der Waals surface area contributed by atoms with Crippen molar-refractivity contribution in [2.45, 2.75) is 18.4 Å². The molecular formula is C23H24N2O6S. The summed E-state index contributed by atoms with van der Waals surface area (Å²) in [4.78, 5) is 37.6. The Morgan fingerprint density at radius 1 is 1.03 bits per heavy atom. The van der Waals surface area contributed by atoms with Gasteiger partial charge < -0.3 is 19.7 Å². The number of rotatable bonds is 6. The zero-order valence-electron chi connectivity index (χ0n) is 17.4. The fourth-order valence-corrected chi connectivity index (χ4v) is 5.45. The van der Waals surface area contributed by atoms with Gasteiger partial charge in [0, 0.05) is 25.4 Å². The number of ether oxygens (including phenoxy) is 1. The molecule has 1 saturated heterocycles. The van der Waals surface area contributed by atoms with Gasteiger partial charge in [0.2, 0.25) is 5.91 Å². The number of benzene rings is 2. The van der Waals surface area contributed by atoms with E-state index in [9.17, 15) is 22.8 Å². The van der Waals surface area contributed by atoms with Crippen LogP contribution < -0.4 is 5.32 Å². The van der Waals surface area contributed by atoms with E-state index in [0.29, 0.717) is 6.29 Å². The maximum absolute atomic E-state index is 12.7. The van der Waals surface area contributed by atoms with E-state index in [4.69, 9.17) is 4.74 Å². The zero-order chi connectivity index (χ0) is 22.7. The van der Waals surface area contributed by atoms with Crippen molar-refractivity contribution in [1.82, 2.24) is 10.2 Å². The van der Waals surface area contributed by atoms with E-state index < -0.39 is 27.9 Å². The van der Waals surface area contributed by atoms with E-state index in [1.807, 2.05) is 48.5 Å². The molecule has 1 atom stereocenters. The van der Waals surface area contributed by atoms with Gasteiger partial charge in [-0.05, 0) is 22.3 Å². The molecule has 9 heteroatoms. The molecule has 2 aliphatic rings. The van der Waals surface area contributed by atoms with Crippen LogP contribution in [0.4, 0.5) is 4.79 Å². The normalized spacial score (nSPS) is 17.7. The van der Waals surface area contributed by atoms with Gasteiger partial charge in [-0.3, -0.25) is 4.79 Å². The van der Waals surface area contributed by atoms with Crippen LogP contribution in [0.15, 0.2) is 48.5 Å². The van der Waals surface area contributed by atoms with Gasteiger partial charge >= 0.3 is 6.09 Å². The minimum Gasteiger partial charge on any atom is -0.449 e. The summed E-state index contributed by atoms with van der Waals surface area (Å²) < 4.78 is 28.6. The summed E-state index contributed by atoms with van der Waals surface area (Å²) >= 11 is 0. The van der Waals surface area contributed by atoms with E-state index >= 15 is 0 Å². The molecule has 1 fully saturated rings. The van der Waals surface area contributed by atoms with E-state index in [1.54, 1.807) is 0 Å². The number of carbonyl (C=O) groups is 3. The number of fused-ring (bicyclic) bond motifs is 3. The van der Waals surface area contributed by atoms with Crippen LogP contribution >= 0.6 is 0 Å². The summed E-state index contributed by atoms with van der Waals surface area (Å²) in [7, 11) is -3.15. The third-order valence-electron chi connectivity index (χ3n) is 5.92. The van der Waals surface area contributed by atoms with Crippen LogP contribution in [0.2, 0.25) is 0 Å². The smallest absolute Gasteiger partial charge is 0.407 e. The molecule has 4 rings (SSSR count). The first-order valence-corrected chi connectivity index (χ1v) is 12.3. The van der Waals surface area contributed by atoms with Crippen LogP contribution in [0, 0.1) is 0 Å². The molecule has 2 aromatic rings. The van der Waals surface area contributed by atoms with Gasteiger partial charge in [-0.1, -0.05) is 48.5 Å². The molecule has 1 aliphatic carbocycles. The van der Waals surface area contributed by atoms with Crippen LogP contribution in [0.5, 0.6) is 0 Å². The SMILES string of the molecule is O=CC[C@H](NC(=O)OCC1c2ccccc2-c2ccccc21)C(=O)N1CCS(=O)(=O)CC1. The number of hydrogen-bond acceptors (Lipinski definition) is 6. The van der Waals surface area contributed by atoms with Gasteiger partial charge in [-0.2, -0.15) is 0 Å². The number of aldehydes is 1. The van der Waals surface area contributed by atoms with Crippen LogP contribution in [0.25, 0.3) is 11.1 Å². The molecule has 1 heterocycles. The average Bonchev–Trinajstić information content (AvgIpc) is 3.11. The van der Waals surface area contributed by atoms with E-state index in [1.165, 1.54) is 4.90 Å². The Labute approximate surface area is 186 Å². The van der Waals surface area contributed by atoms with Crippen molar-refractivity contribution in [1.29, 1.82) is 0 Å². The van der Waals surface area contributed by atoms with Gasteiger partial charge in [0.15, 0.2) is 9.84 Å². The van der Waals surface area contributed by atoms with Crippen LogP contribution in [-0.4, -0.2) is 68.8 Å². The molecule has 8 nitrogen and oxygen atoms in total. The Balaban J connectivity index is 1.40. The third-order valence-corrected chi connectivity index (χ3v) is 7.53. The highest BCUT2D eigenvalue weighted by Crippen LogP contribution is 2.44. The number of sulfone groups is 1. The monoisotopic (exact) mass is 456 g/mol. The first kappa shape index (κ1) is 22.0. The average molecular weight is 457 g/mol. The first-order valence-electron chi connectivity index (χ1n) is 10.4. The summed E-state index contributed by atoms with van der Waals surface area (Å²) in [6.45, 7) is 0.176. The van der Waals surface area contributed by atoms with Crippen molar-refractivity contribution in [3.63, 3.8) is 0 Å². The first-order chi connectivity index (χ1) is 15.4. The van der Waals surface area contributed by atoms with E-state index in [-0.39, 0.29) is 43.5 Å². The van der Waals surface area contributed by atoms with Crippen molar-refractivity contribution in [2.24, 2.45) is 0 Å². The van der Waals surface area contributed by atoms with Crippen LogP contribution in [-0.2, 0) is 24.2 Å². The van der Waals surface area contributed by atoms with Gasteiger partial charge in [0.25, 0.3) is 0 Å². The maximum atomic E-state index is 12.7. The van der Waals surface area contributed by atoms with Crippen molar-refractivity contribution < 1.29 is 27.5 Å². The lowest BCUT2D eigenvalue weighted by atomic mass is 9.98. The maximum Gasteiger partial charge on any atom is 0.407 e. The highest BCUT2D eigenvalue weighted by molar-refractivity contribution is 7.91. The lowest BCUT2D eigenvalue weighted by Crippen LogP contribution is -2.53. The van der Waals surface area contributed by atoms with Crippen molar-refractivity contribution in [2.75, 3.05) is 31.2 Å². The molecule has 0 saturated carbocycles. The highest BCUT2D eigenvalue weighted by Gasteiger charge is 2.32. The fraction of sp³-hybridized carbons (Fsp3) is 0.348. The number of nitrogens with one attached hydrogen (secondary N) is 1. The standard InChI is InChI=1S/C23H24N2O6S/c26-12-9-21(22(27)25-10-13-32(29,30)14-11-25)24-23(28)31-15-20-18-7-3-1-5-16(18)17-6-2-4-8-19(17)20/h1-8,12,20-21H,9-11,13-15H2,(H,24,28)/t21-/m0/s1. The predicted molar refractivity (Wildman–Crippen MR) is 118 cm³/mol. The summed E-state index contributed by atoms with van der Waals surface area (Å²) in [5.41, 5.74) is 4.34. The Bertz CT molecular complexity index is 1090. The molecule has 168 valence electrons. The lowest BCUT2D eigenvalue weighted by Gasteiger charge is -2.30. The Morgan fingerprint density at radius 2 is 1.59 bits per heavy atom. The summed E-state index contributed by atoms with van der Waals surface area (Å²) in [5, 5.41) is 2.47. The zero-order valence-corrected chi connectivity index (χ0v) is 18.2. The van der Waals surface area contributed by atoms with Gasteiger partial charge in [-0.15, -0.1) is 0 Å². The second-order valence-corrected chi connectivity index (χ2v) is 10.2. The molecule has 0 aromatic heterocycles. The molecular weight excluding hydrogens is 432 g/mol. The number of alkyl carbamates (subject to hydrolysis) is 1. The quantitative estimate of drug-likeness (QED) is 0.663.